The lowest BCUT2D eigenvalue weighted by atomic mass is 10.0. The minimum Gasteiger partial charge on any atom is -0.497 e. The lowest BCUT2D eigenvalue weighted by molar-refractivity contribution is 0.194. The molecule has 5 aromatic rings. The van der Waals surface area contributed by atoms with Crippen molar-refractivity contribution in [3.05, 3.63) is 120 Å². The van der Waals surface area contributed by atoms with Gasteiger partial charge in [0.2, 0.25) is 0 Å². The van der Waals surface area contributed by atoms with Gasteiger partial charge < -0.3 is 19.5 Å². The number of nitrogens with one attached hydrogen (secondary N) is 1. The van der Waals surface area contributed by atoms with E-state index < -0.39 is 0 Å². The van der Waals surface area contributed by atoms with Gasteiger partial charge in [-0.15, -0.1) is 11.8 Å². The lowest BCUT2D eigenvalue weighted by Gasteiger charge is -2.31. The Balaban J connectivity index is 1.51. The predicted molar refractivity (Wildman–Crippen MR) is 155 cm³/mol. The molecule has 1 N–H and O–H groups in total. The molecule has 0 bridgehead atoms. The Morgan fingerprint density at radius 2 is 1.79 bits per heavy atom. The Kier molecular flexibility index (Phi) is 6.62. The highest BCUT2D eigenvalue weighted by Gasteiger charge is 2.36. The highest BCUT2D eigenvalue weighted by molar-refractivity contribution is 7.98. The summed E-state index contributed by atoms with van der Waals surface area (Å²) in [6.07, 6.45) is 4.12. The number of urea groups is 1. The summed E-state index contributed by atoms with van der Waals surface area (Å²) in [5.41, 5.74) is 5.55. The van der Waals surface area contributed by atoms with Crippen molar-refractivity contribution in [3.8, 4) is 17.3 Å². The first-order valence-corrected chi connectivity index (χ1v) is 14.0. The number of anilines is 1. The molecule has 1 atom stereocenters. The van der Waals surface area contributed by atoms with Crippen molar-refractivity contribution in [2.45, 2.75) is 24.4 Å². The van der Waals surface area contributed by atoms with Crippen LogP contribution in [0, 0.1) is 6.92 Å². The van der Waals surface area contributed by atoms with Crippen LogP contribution in [0.5, 0.6) is 5.75 Å². The second-order valence-corrected chi connectivity index (χ2v) is 10.3. The topological polar surface area (TPSA) is 64.3 Å². The van der Waals surface area contributed by atoms with E-state index >= 15 is 0 Å². The van der Waals surface area contributed by atoms with Crippen LogP contribution in [0.15, 0.2) is 102 Å². The third-order valence-electron chi connectivity index (χ3n) is 7.10. The molecule has 6 rings (SSSR count). The first-order valence-electron chi connectivity index (χ1n) is 12.7. The molecule has 0 fully saturated rings. The maximum absolute atomic E-state index is 14.1. The smallest absolute Gasteiger partial charge is 0.322 e. The van der Waals surface area contributed by atoms with Gasteiger partial charge in [-0.1, -0.05) is 36.4 Å². The van der Waals surface area contributed by atoms with Gasteiger partial charge in [0.25, 0.3) is 0 Å². The predicted octanol–water partition coefficient (Wildman–Crippen LogP) is 6.84. The number of carbonyl (C=O) groups is 1. The summed E-state index contributed by atoms with van der Waals surface area (Å²) in [5, 5.41) is 8.04. The standard InChI is InChI=1S/C31H29N5O2S/c1-21-27-20-35(31(37)32-23-9-7-12-25(19-23)38-2)29(22-14-16-26(39-3)17-15-22)28-13-8-18-34(28)30(27)36(33-21)24-10-5-4-6-11-24/h4-19,29H,20H2,1-3H3,(H,32,37). The molecular weight excluding hydrogens is 506 g/mol. The molecule has 196 valence electrons. The monoisotopic (exact) mass is 535 g/mol. The average Bonchev–Trinajstić information content (AvgIpc) is 3.54. The number of aryl methyl sites for hydroxylation is 1. The Morgan fingerprint density at radius 1 is 1.00 bits per heavy atom. The van der Waals surface area contributed by atoms with Crippen LogP contribution in [0.25, 0.3) is 11.5 Å². The molecule has 0 saturated carbocycles. The number of hydrogen-bond acceptors (Lipinski definition) is 4. The molecule has 7 nitrogen and oxygen atoms in total. The Hall–Kier alpha value is -4.43. The third-order valence-corrected chi connectivity index (χ3v) is 7.84. The van der Waals surface area contributed by atoms with E-state index in [4.69, 9.17) is 9.84 Å². The van der Waals surface area contributed by atoms with Crippen LogP contribution in [-0.2, 0) is 6.54 Å². The SMILES string of the molecule is COc1cccc(NC(=O)N2Cc3c(C)nn(-c4ccccc4)c3-n3cccc3C2c2ccc(SC)cc2)c1. The van der Waals surface area contributed by atoms with Gasteiger partial charge in [-0.25, -0.2) is 9.48 Å². The zero-order valence-electron chi connectivity index (χ0n) is 22.0. The van der Waals surface area contributed by atoms with Crippen molar-refractivity contribution in [2.75, 3.05) is 18.7 Å². The van der Waals surface area contributed by atoms with Gasteiger partial charge in [0.15, 0.2) is 0 Å². The molecule has 0 aliphatic carbocycles. The summed E-state index contributed by atoms with van der Waals surface area (Å²) >= 11 is 1.70. The maximum atomic E-state index is 14.1. The zero-order chi connectivity index (χ0) is 26.9. The molecular formula is C31H29N5O2S. The largest absolute Gasteiger partial charge is 0.497 e. The second kappa shape index (κ2) is 10.4. The number of amides is 2. The number of rotatable bonds is 5. The first kappa shape index (κ1) is 24.9. The summed E-state index contributed by atoms with van der Waals surface area (Å²) < 4.78 is 9.53. The molecule has 3 heterocycles. The van der Waals surface area contributed by atoms with Crippen molar-refractivity contribution in [1.29, 1.82) is 0 Å². The number of hydrogen-bond donors (Lipinski definition) is 1. The molecule has 3 aromatic carbocycles. The van der Waals surface area contributed by atoms with E-state index in [1.165, 1.54) is 4.90 Å². The zero-order valence-corrected chi connectivity index (χ0v) is 22.9. The van der Waals surface area contributed by atoms with Crippen LogP contribution in [0.2, 0.25) is 0 Å². The summed E-state index contributed by atoms with van der Waals surface area (Å²) in [7, 11) is 1.62. The summed E-state index contributed by atoms with van der Waals surface area (Å²) in [6, 6.07) is 29.6. The fourth-order valence-electron chi connectivity index (χ4n) is 5.18. The molecule has 0 spiro atoms. The minimum absolute atomic E-state index is 0.199. The Labute approximate surface area is 232 Å². The molecule has 8 heteroatoms. The summed E-state index contributed by atoms with van der Waals surface area (Å²) in [5.74, 6) is 1.63. The number of methoxy groups -OCH3 is 1. The van der Waals surface area contributed by atoms with E-state index in [1.807, 2.05) is 77.2 Å². The van der Waals surface area contributed by atoms with Crippen LogP contribution < -0.4 is 10.1 Å². The molecule has 0 saturated heterocycles. The Morgan fingerprint density at radius 3 is 2.54 bits per heavy atom. The number of benzene rings is 3. The number of aromatic nitrogens is 3. The molecule has 0 radical (unpaired) electrons. The van der Waals surface area contributed by atoms with E-state index in [2.05, 4.69) is 52.7 Å². The lowest BCUT2D eigenvalue weighted by Crippen LogP contribution is -2.38. The van der Waals surface area contributed by atoms with Gasteiger partial charge in [0.05, 0.1) is 36.8 Å². The molecule has 1 unspecified atom stereocenters. The van der Waals surface area contributed by atoms with Crippen LogP contribution >= 0.6 is 11.8 Å². The number of para-hydroxylation sites is 1. The Bertz CT molecular complexity index is 1620. The van der Waals surface area contributed by atoms with Gasteiger partial charge in [-0.2, -0.15) is 5.10 Å². The van der Waals surface area contributed by atoms with Crippen molar-refractivity contribution in [1.82, 2.24) is 19.2 Å². The van der Waals surface area contributed by atoms with Gasteiger partial charge in [0, 0.05) is 28.4 Å². The highest BCUT2D eigenvalue weighted by atomic mass is 32.2. The maximum Gasteiger partial charge on any atom is 0.322 e. The molecule has 1 aliphatic heterocycles. The molecule has 39 heavy (non-hydrogen) atoms. The van der Waals surface area contributed by atoms with E-state index in [0.717, 1.165) is 34.0 Å². The van der Waals surface area contributed by atoms with E-state index in [1.54, 1.807) is 18.9 Å². The molecule has 2 amide bonds. The van der Waals surface area contributed by atoms with Crippen LogP contribution in [-0.4, -0.2) is 38.6 Å². The van der Waals surface area contributed by atoms with Crippen LogP contribution in [0.3, 0.4) is 0 Å². The van der Waals surface area contributed by atoms with Gasteiger partial charge in [-0.3, -0.25) is 0 Å². The van der Waals surface area contributed by atoms with Gasteiger partial charge in [-0.05, 0) is 67.3 Å². The first-order chi connectivity index (χ1) is 19.1. The average molecular weight is 536 g/mol. The van der Waals surface area contributed by atoms with Crippen molar-refractivity contribution in [3.63, 3.8) is 0 Å². The van der Waals surface area contributed by atoms with E-state index in [-0.39, 0.29) is 12.1 Å². The molecule has 2 aromatic heterocycles. The highest BCUT2D eigenvalue weighted by Crippen LogP contribution is 2.39. The van der Waals surface area contributed by atoms with Crippen molar-refractivity contribution >= 4 is 23.5 Å². The summed E-state index contributed by atoms with van der Waals surface area (Å²) in [4.78, 5) is 17.2. The second-order valence-electron chi connectivity index (χ2n) is 9.40. The van der Waals surface area contributed by atoms with Crippen LogP contribution in [0.4, 0.5) is 10.5 Å². The van der Waals surface area contributed by atoms with Crippen molar-refractivity contribution < 1.29 is 9.53 Å². The van der Waals surface area contributed by atoms with E-state index in [0.29, 0.717) is 18.0 Å². The number of nitrogens with zero attached hydrogens (tertiary/aromatic N) is 4. The third kappa shape index (κ3) is 4.57. The fraction of sp³-hybridized carbons (Fsp3) is 0.161. The van der Waals surface area contributed by atoms with Gasteiger partial charge in [0.1, 0.15) is 11.6 Å². The number of fused-ring (bicyclic) bond motifs is 3. The fourth-order valence-corrected chi connectivity index (χ4v) is 5.59. The number of ether oxygens (including phenoxy) is 1. The molecule has 1 aliphatic rings. The number of carbonyl (C=O) groups excluding carboxylic acids is 1. The number of thioether (sulfide) groups is 1. The van der Waals surface area contributed by atoms with Crippen LogP contribution in [0.1, 0.15) is 28.6 Å². The minimum atomic E-state index is -0.322. The summed E-state index contributed by atoms with van der Waals surface area (Å²) in [6.45, 7) is 2.40. The van der Waals surface area contributed by atoms with Crippen molar-refractivity contribution in [2.24, 2.45) is 0 Å². The van der Waals surface area contributed by atoms with E-state index in [9.17, 15) is 4.79 Å². The van der Waals surface area contributed by atoms with Gasteiger partial charge >= 0.3 is 6.03 Å². The quantitative estimate of drug-likeness (QED) is 0.250. The normalized spacial score (nSPS) is 14.3.